The molecule has 162 valence electrons. The smallest absolute Gasteiger partial charge is 0.416 e. The van der Waals surface area contributed by atoms with Crippen LogP contribution in [-0.4, -0.2) is 10.9 Å². The number of nitrogens with zero attached hydrogens (tertiary/aromatic N) is 1. The molecular formula is C20H13ClF3NO6. The first-order valence-corrected chi connectivity index (χ1v) is 9.01. The van der Waals surface area contributed by atoms with Crippen LogP contribution in [0.5, 0.6) is 11.5 Å². The second-order valence-corrected chi connectivity index (χ2v) is 6.62. The number of furan rings is 1. The van der Waals surface area contributed by atoms with Gasteiger partial charge in [0.2, 0.25) is 0 Å². The number of rotatable bonds is 7. The van der Waals surface area contributed by atoms with Gasteiger partial charge in [-0.05, 0) is 42.5 Å². The topological polar surface area (TPSA) is 91.8 Å². The molecule has 0 spiro atoms. The Morgan fingerprint density at radius 1 is 1.16 bits per heavy atom. The van der Waals surface area contributed by atoms with Crippen LogP contribution in [0.25, 0.3) is 0 Å². The molecule has 0 aliphatic carbocycles. The van der Waals surface area contributed by atoms with E-state index in [0.29, 0.717) is 11.8 Å². The maximum atomic E-state index is 12.8. The summed E-state index contributed by atoms with van der Waals surface area (Å²) in [4.78, 5) is 22.7. The van der Waals surface area contributed by atoms with Crippen molar-refractivity contribution in [2.24, 2.45) is 0 Å². The fourth-order valence-electron chi connectivity index (χ4n) is 2.58. The number of nitro benzene ring substituents is 1. The Kier molecular flexibility index (Phi) is 6.50. The van der Waals surface area contributed by atoms with E-state index in [1.54, 1.807) is 12.1 Å². The molecule has 0 aliphatic rings. The van der Waals surface area contributed by atoms with E-state index in [4.69, 9.17) is 25.5 Å². The van der Waals surface area contributed by atoms with Gasteiger partial charge in [-0.25, -0.2) is 0 Å². The van der Waals surface area contributed by atoms with Gasteiger partial charge in [0.25, 0.3) is 5.69 Å². The molecule has 31 heavy (non-hydrogen) atoms. The van der Waals surface area contributed by atoms with E-state index in [1.807, 2.05) is 0 Å². The maximum Gasteiger partial charge on any atom is 0.416 e. The minimum atomic E-state index is -4.57. The van der Waals surface area contributed by atoms with Gasteiger partial charge in [-0.2, -0.15) is 13.2 Å². The van der Waals surface area contributed by atoms with Crippen LogP contribution in [0.4, 0.5) is 18.9 Å². The van der Waals surface area contributed by atoms with Gasteiger partial charge in [0.05, 0.1) is 28.2 Å². The third kappa shape index (κ3) is 5.76. The average molecular weight is 456 g/mol. The first kappa shape index (κ1) is 22.2. The van der Waals surface area contributed by atoms with E-state index in [-0.39, 0.29) is 34.4 Å². The third-order valence-electron chi connectivity index (χ3n) is 4.02. The van der Waals surface area contributed by atoms with Crippen molar-refractivity contribution < 1.29 is 36.8 Å². The molecule has 0 unspecified atom stereocenters. The molecule has 0 N–H and O–H groups in total. The molecule has 0 atom stereocenters. The van der Waals surface area contributed by atoms with Crippen molar-refractivity contribution in [3.8, 4) is 11.5 Å². The third-order valence-corrected chi connectivity index (χ3v) is 4.32. The molecule has 0 amide bonds. The Morgan fingerprint density at radius 2 is 1.94 bits per heavy atom. The van der Waals surface area contributed by atoms with Crippen molar-refractivity contribution in [3.05, 3.63) is 86.8 Å². The Labute approximate surface area is 178 Å². The van der Waals surface area contributed by atoms with Crippen LogP contribution in [0.3, 0.4) is 0 Å². The Balaban J connectivity index is 1.78. The van der Waals surface area contributed by atoms with Gasteiger partial charge >= 0.3 is 12.1 Å². The predicted molar refractivity (Wildman–Crippen MR) is 102 cm³/mol. The van der Waals surface area contributed by atoms with Crippen molar-refractivity contribution in [2.45, 2.75) is 19.2 Å². The standard InChI is InChI=1S/C20H13ClF3NO6/c21-16-10-13(20(22,23)24)3-6-18(16)31-14-4-5-17(25(27)28)12(8-14)9-19(26)30-11-15-2-1-7-29-15/h1-8,10H,9,11H2. The molecule has 3 rings (SSSR count). The molecular weight excluding hydrogens is 443 g/mol. The Morgan fingerprint density at radius 3 is 2.55 bits per heavy atom. The fourth-order valence-corrected chi connectivity index (χ4v) is 2.80. The lowest BCUT2D eigenvalue weighted by Gasteiger charge is -2.12. The number of carbonyl (C=O) groups is 1. The number of benzene rings is 2. The van der Waals surface area contributed by atoms with Crippen LogP contribution in [0.1, 0.15) is 16.9 Å². The van der Waals surface area contributed by atoms with Crippen LogP contribution in [0.2, 0.25) is 5.02 Å². The van der Waals surface area contributed by atoms with Gasteiger partial charge in [-0.1, -0.05) is 11.6 Å². The quantitative estimate of drug-likeness (QED) is 0.249. The van der Waals surface area contributed by atoms with Crippen LogP contribution in [-0.2, 0) is 28.7 Å². The molecule has 0 radical (unpaired) electrons. The van der Waals surface area contributed by atoms with E-state index in [2.05, 4.69) is 0 Å². The first-order chi connectivity index (χ1) is 14.6. The summed E-state index contributed by atoms with van der Waals surface area (Å²) in [6, 6.07) is 9.31. The lowest BCUT2D eigenvalue weighted by atomic mass is 10.1. The van der Waals surface area contributed by atoms with Crippen LogP contribution in [0, 0.1) is 10.1 Å². The molecule has 11 heteroatoms. The molecule has 1 aromatic heterocycles. The van der Waals surface area contributed by atoms with Gasteiger partial charge in [0, 0.05) is 11.6 Å². The number of nitro groups is 1. The minimum Gasteiger partial charge on any atom is -0.466 e. The van der Waals surface area contributed by atoms with Crippen molar-refractivity contribution in [1.29, 1.82) is 0 Å². The second kappa shape index (κ2) is 9.09. The summed E-state index contributed by atoms with van der Waals surface area (Å²) < 4.78 is 53.8. The number of hydrogen-bond acceptors (Lipinski definition) is 6. The first-order valence-electron chi connectivity index (χ1n) is 8.63. The fraction of sp³-hybridized carbons (Fsp3) is 0.150. The van der Waals surface area contributed by atoms with E-state index in [1.165, 1.54) is 18.4 Å². The van der Waals surface area contributed by atoms with Crippen molar-refractivity contribution in [1.82, 2.24) is 0 Å². The van der Waals surface area contributed by atoms with E-state index < -0.39 is 29.1 Å². The lowest BCUT2D eigenvalue weighted by Crippen LogP contribution is -2.09. The van der Waals surface area contributed by atoms with Gasteiger partial charge in [-0.15, -0.1) is 0 Å². The number of hydrogen-bond donors (Lipinski definition) is 0. The number of ether oxygens (including phenoxy) is 2. The van der Waals surface area contributed by atoms with Crippen LogP contribution < -0.4 is 4.74 Å². The molecule has 2 aromatic carbocycles. The minimum absolute atomic E-state index is 0.00465. The second-order valence-electron chi connectivity index (χ2n) is 6.21. The van der Waals surface area contributed by atoms with Crippen LogP contribution in [0.15, 0.2) is 59.2 Å². The number of carbonyl (C=O) groups excluding carboxylic acids is 1. The highest BCUT2D eigenvalue weighted by molar-refractivity contribution is 6.32. The monoisotopic (exact) mass is 455 g/mol. The van der Waals surface area contributed by atoms with Gasteiger partial charge in [0.15, 0.2) is 0 Å². The highest BCUT2D eigenvalue weighted by atomic mass is 35.5. The summed E-state index contributed by atoms with van der Waals surface area (Å²) in [6.07, 6.45) is -3.60. The summed E-state index contributed by atoms with van der Waals surface area (Å²) in [6.45, 7) is -0.142. The highest BCUT2D eigenvalue weighted by Crippen LogP contribution is 2.37. The number of esters is 1. The maximum absolute atomic E-state index is 12.8. The van der Waals surface area contributed by atoms with Gasteiger partial charge in [0.1, 0.15) is 23.9 Å². The SMILES string of the molecule is O=C(Cc1cc(Oc2ccc(C(F)(F)F)cc2Cl)ccc1[N+](=O)[O-])OCc1ccco1. The zero-order valence-corrected chi connectivity index (χ0v) is 16.3. The normalized spacial score (nSPS) is 11.2. The van der Waals surface area contributed by atoms with Gasteiger partial charge in [-0.3, -0.25) is 14.9 Å². The summed E-state index contributed by atoms with van der Waals surface area (Å²) in [7, 11) is 0. The average Bonchev–Trinajstić information content (AvgIpc) is 3.21. The lowest BCUT2D eigenvalue weighted by molar-refractivity contribution is -0.385. The summed E-state index contributed by atoms with van der Waals surface area (Å²) in [5.41, 5.74) is -1.30. The zero-order chi connectivity index (χ0) is 22.6. The molecule has 7 nitrogen and oxygen atoms in total. The summed E-state index contributed by atoms with van der Waals surface area (Å²) in [5.74, 6) is -0.392. The van der Waals surface area contributed by atoms with E-state index in [0.717, 1.165) is 18.2 Å². The largest absolute Gasteiger partial charge is 0.466 e. The highest BCUT2D eigenvalue weighted by Gasteiger charge is 2.31. The molecule has 0 bridgehead atoms. The predicted octanol–water partition coefficient (Wildman–Crippen LogP) is 5.94. The Hall–Kier alpha value is -3.53. The summed E-state index contributed by atoms with van der Waals surface area (Å²) >= 11 is 5.87. The molecule has 0 saturated heterocycles. The molecule has 3 aromatic rings. The van der Waals surface area contributed by atoms with Crippen LogP contribution >= 0.6 is 11.6 Å². The molecule has 0 aliphatic heterocycles. The summed E-state index contributed by atoms with van der Waals surface area (Å²) in [5, 5.41) is 11.0. The number of halogens is 4. The van der Waals surface area contributed by atoms with E-state index >= 15 is 0 Å². The molecule has 1 heterocycles. The molecule has 0 fully saturated rings. The van der Waals surface area contributed by atoms with E-state index in [9.17, 15) is 28.1 Å². The number of alkyl halides is 3. The zero-order valence-electron chi connectivity index (χ0n) is 15.5. The van der Waals surface area contributed by atoms with Crippen molar-refractivity contribution >= 4 is 23.3 Å². The Bertz CT molecular complexity index is 1100. The molecule has 0 saturated carbocycles. The van der Waals surface area contributed by atoms with Crippen molar-refractivity contribution in [3.63, 3.8) is 0 Å². The van der Waals surface area contributed by atoms with Gasteiger partial charge < -0.3 is 13.9 Å². The van der Waals surface area contributed by atoms with Crippen molar-refractivity contribution in [2.75, 3.05) is 0 Å².